The van der Waals surface area contributed by atoms with Gasteiger partial charge in [0.1, 0.15) is 12.3 Å². The number of aromatic carboxylic acids is 1. The summed E-state index contributed by atoms with van der Waals surface area (Å²) >= 11 is 0. The van der Waals surface area contributed by atoms with Crippen molar-refractivity contribution in [3.05, 3.63) is 47.8 Å². The van der Waals surface area contributed by atoms with E-state index in [-0.39, 0.29) is 18.1 Å². The SMILES string of the molecule is COc1ccccc1C(C)(C)NC(=O)Cn1ccc(C(=O)O)n1. The number of carboxylic acid groups (broad SMARTS) is 1. The molecule has 1 aromatic heterocycles. The van der Waals surface area contributed by atoms with Crippen molar-refractivity contribution in [3.63, 3.8) is 0 Å². The van der Waals surface area contributed by atoms with E-state index in [1.54, 1.807) is 7.11 Å². The molecule has 2 aromatic rings. The Hall–Kier alpha value is -2.83. The lowest BCUT2D eigenvalue weighted by Gasteiger charge is -2.28. The van der Waals surface area contributed by atoms with Gasteiger partial charge >= 0.3 is 5.97 Å². The maximum absolute atomic E-state index is 12.2. The normalized spacial score (nSPS) is 11.1. The Kier molecular flexibility index (Phi) is 4.68. The molecule has 1 aromatic carbocycles. The van der Waals surface area contributed by atoms with Crippen LogP contribution in [-0.4, -0.2) is 33.9 Å². The molecule has 0 unspecified atom stereocenters. The summed E-state index contributed by atoms with van der Waals surface area (Å²) in [7, 11) is 1.58. The lowest BCUT2D eigenvalue weighted by molar-refractivity contribution is -0.123. The van der Waals surface area contributed by atoms with E-state index >= 15 is 0 Å². The molecule has 7 nitrogen and oxygen atoms in total. The highest BCUT2D eigenvalue weighted by Gasteiger charge is 2.26. The van der Waals surface area contributed by atoms with Gasteiger partial charge in [-0.05, 0) is 26.0 Å². The van der Waals surface area contributed by atoms with E-state index in [2.05, 4.69) is 10.4 Å². The summed E-state index contributed by atoms with van der Waals surface area (Å²) < 4.78 is 6.62. The van der Waals surface area contributed by atoms with E-state index in [0.29, 0.717) is 5.75 Å². The molecule has 0 saturated heterocycles. The van der Waals surface area contributed by atoms with Crippen LogP contribution in [0.15, 0.2) is 36.5 Å². The van der Waals surface area contributed by atoms with Crippen LogP contribution in [0.2, 0.25) is 0 Å². The number of amides is 1. The monoisotopic (exact) mass is 317 g/mol. The maximum atomic E-state index is 12.2. The van der Waals surface area contributed by atoms with Gasteiger partial charge in [-0.25, -0.2) is 4.79 Å². The predicted molar refractivity (Wildman–Crippen MR) is 83.3 cm³/mol. The van der Waals surface area contributed by atoms with Crippen molar-refractivity contribution in [2.45, 2.75) is 25.9 Å². The first kappa shape index (κ1) is 16.5. The molecule has 2 N–H and O–H groups in total. The number of carbonyl (C=O) groups excluding carboxylic acids is 1. The fourth-order valence-electron chi connectivity index (χ4n) is 2.33. The summed E-state index contributed by atoms with van der Waals surface area (Å²) in [5.74, 6) is -0.718. The van der Waals surface area contributed by atoms with Gasteiger partial charge in [0, 0.05) is 11.8 Å². The standard InChI is InChI=1S/C16H19N3O4/c1-16(2,11-6-4-5-7-13(11)23-3)17-14(20)10-19-9-8-12(18-19)15(21)22/h4-9H,10H2,1-3H3,(H,17,20)(H,21,22). The second kappa shape index (κ2) is 6.51. The molecule has 0 atom stereocenters. The van der Waals surface area contributed by atoms with Crippen molar-refractivity contribution >= 4 is 11.9 Å². The number of para-hydroxylation sites is 1. The van der Waals surface area contributed by atoms with Gasteiger partial charge in [-0.1, -0.05) is 18.2 Å². The lowest BCUT2D eigenvalue weighted by atomic mass is 9.93. The zero-order chi connectivity index (χ0) is 17.0. The minimum absolute atomic E-state index is 0.0636. The Balaban J connectivity index is 2.10. The van der Waals surface area contributed by atoms with Crippen LogP contribution in [0.1, 0.15) is 29.9 Å². The number of rotatable bonds is 6. The van der Waals surface area contributed by atoms with Crippen LogP contribution >= 0.6 is 0 Å². The summed E-state index contributed by atoms with van der Waals surface area (Å²) in [6.07, 6.45) is 1.46. The number of aromatic nitrogens is 2. The third kappa shape index (κ3) is 3.88. The largest absolute Gasteiger partial charge is 0.496 e. The summed E-state index contributed by atoms with van der Waals surface area (Å²) in [5, 5.41) is 15.6. The Morgan fingerprint density at radius 3 is 2.61 bits per heavy atom. The summed E-state index contributed by atoms with van der Waals surface area (Å²) in [4.78, 5) is 23.0. The fourth-order valence-corrected chi connectivity index (χ4v) is 2.33. The van der Waals surface area contributed by atoms with E-state index in [9.17, 15) is 9.59 Å². The predicted octanol–water partition coefficient (Wildman–Crippen LogP) is 1.64. The molecule has 2 rings (SSSR count). The third-order valence-corrected chi connectivity index (χ3v) is 3.40. The molecular weight excluding hydrogens is 298 g/mol. The smallest absolute Gasteiger partial charge is 0.356 e. The molecule has 0 saturated carbocycles. The summed E-state index contributed by atoms with van der Waals surface area (Å²) in [5.41, 5.74) is 0.108. The van der Waals surface area contributed by atoms with E-state index < -0.39 is 11.5 Å². The molecule has 23 heavy (non-hydrogen) atoms. The van der Waals surface area contributed by atoms with Gasteiger partial charge in [-0.15, -0.1) is 0 Å². The number of benzene rings is 1. The number of carbonyl (C=O) groups is 2. The molecule has 1 heterocycles. The van der Waals surface area contributed by atoms with E-state index in [1.165, 1.54) is 16.9 Å². The maximum Gasteiger partial charge on any atom is 0.356 e. The topological polar surface area (TPSA) is 93.5 Å². The van der Waals surface area contributed by atoms with E-state index in [4.69, 9.17) is 9.84 Å². The molecule has 0 radical (unpaired) electrons. The van der Waals surface area contributed by atoms with Crippen molar-refractivity contribution in [3.8, 4) is 5.75 Å². The Morgan fingerprint density at radius 1 is 1.30 bits per heavy atom. The van der Waals surface area contributed by atoms with Crippen LogP contribution in [0, 0.1) is 0 Å². The van der Waals surface area contributed by atoms with Gasteiger partial charge in [-0.2, -0.15) is 5.10 Å². The Bertz CT molecular complexity index is 722. The van der Waals surface area contributed by atoms with Crippen molar-refractivity contribution in [2.75, 3.05) is 7.11 Å². The number of hydrogen-bond acceptors (Lipinski definition) is 4. The van der Waals surface area contributed by atoms with Crippen LogP contribution in [0.25, 0.3) is 0 Å². The molecule has 7 heteroatoms. The first-order valence-corrected chi connectivity index (χ1v) is 7.05. The van der Waals surface area contributed by atoms with E-state index in [0.717, 1.165) is 5.56 Å². The quantitative estimate of drug-likeness (QED) is 0.845. The van der Waals surface area contributed by atoms with Gasteiger partial charge in [-0.3, -0.25) is 9.48 Å². The molecule has 0 fully saturated rings. The van der Waals surface area contributed by atoms with Gasteiger partial charge in [0.15, 0.2) is 5.69 Å². The Labute approximate surface area is 133 Å². The fraction of sp³-hybridized carbons (Fsp3) is 0.312. The van der Waals surface area contributed by atoms with Crippen LogP contribution in [-0.2, 0) is 16.9 Å². The van der Waals surface area contributed by atoms with Gasteiger partial charge in [0.25, 0.3) is 0 Å². The van der Waals surface area contributed by atoms with Crippen molar-refractivity contribution in [2.24, 2.45) is 0 Å². The zero-order valence-corrected chi connectivity index (χ0v) is 13.2. The minimum Gasteiger partial charge on any atom is -0.496 e. The highest BCUT2D eigenvalue weighted by molar-refractivity contribution is 5.85. The zero-order valence-electron chi connectivity index (χ0n) is 13.2. The van der Waals surface area contributed by atoms with Crippen LogP contribution in [0.3, 0.4) is 0 Å². The van der Waals surface area contributed by atoms with Gasteiger partial charge in [0.05, 0.1) is 12.6 Å². The minimum atomic E-state index is -1.13. The second-order valence-corrected chi connectivity index (χ2v) is 5.58. The van der Waals surface area contributed by atoms with Gasteiger partial charge in [0.2, 0.25) is 5.91 Å². The molecule has 0 aliphatic rings. The Morgan fingerprint density at radius 2 is 2.00 bits per heavy atom. The van der Waals surface area contributed by atoms with Crippen molar-refractivity contribution < 1.29 is 19.4 Å². The summed E-state index contributed by atoms with van der Waals surface area (Å²) in [6.45, 7) is 3.68. The first-order valence-electron chi connectivity index (χ1n) is 7.05. The molecule has 0 bridgehead atoms. The van der Waals surface area contributed by atoms with Crippen LogP contribution in [0.5, 0.6) is 5.75 Å². The highest BCUT2D eigenvalue weighted by Crippen LogP contribution is 2.29. The molecular formula is C16H19N3O4. The molecule has 0 spiro atoms. The summed E-state index contributed by atoms with van der Waals surface area (Å²) in [6, 6.07) is 8.79. The third-order valence-electron chi connectivity index (χ3n) is 3.40. The first-order chi connectivity index (χ1) is 10.8. The molecule has 1 amide bonds. The van der Waals surface area contributed by atoms with Crippen molar-refractivity contribution in [1.29, 1.82) is 0 Å². The second-order valence-electron chi connectivity index (χ2n) is 5.58. The average molecular weight is 317 g/mol. The number of hydrogen-bond donors (Lipinski definition) is 2. The molecule has 0 aliphatic heterocycles. The number of carboxylic acids is 1. The number of nitrogens with zero attached hydrogens (tertiary/aromatic N) is 2. The van der Waals surface area contributed by atoms with Gasteiger partial charge < -0.3 is 15.2 Å². The van der Waals surface area contributed by atoms with Crippen LogP contribution in [0.4, 0.5) is 0 Å². The van der Waals surface area contributed by atoms with Crippen LogP contribution < -0.4 is 10.1 Å². The number of ether oxygens (including phenoxy) is 1. The highest BCUT2D eigenvalue weighted by atomic mass is 16.5. The lowest BCUT2D eigenvalue weighted by Crippen LogP contribution is -2.42. The molecule has 0 aliphatic carbocycles. The van der Waals surface area contributed by atoms with Crippen molar-refractivity contribution in [1.82, 2.24) is 15.1 Å². The number of nitrogens with one attached hydrogen (secondary N) is 1. The molecule has 122 valence electrons. The average Bonchev–Trinajstić information content (AvgIpc) is 2.95. The van der Waals surface area contributed by atoms with E-state index in [1.807, 2.05) is 38.1 Å². The number of methoxy groups -OCH3 is 1.